The summed E-state index contributed by atoms with van der Waals surface area (Å²) in [5.41, 5.74) is 0.764. The van der Waals surface area contributed by atoms with Gasteiger partial charge in [-0.25, -0.2) is 4.79 Å². The Bertz CT molecular complexity index is 653. The third-order valence-corrected chi connectivity index (χ3v) is 4.14. The average molecular weight is 335 g/mol. The summed E-state index contributed by atoms with van der Waals surface area (Å²) in [6, 6.07) is 6.14. The highest BCUT2D eigenvalue weighted by Gasteiger charge is 2.41. The minimum Gasteiger partial charge on any atom is -0.497 e. The smallest absolute Gasteiger partial charge is 0.329 e. The zero-order valence-electron chi connectivity index (χ0n) is 13.1. The third-order valence-electron chi connectivity index (χ3n) is 3.25. The van der Waals surface area contributed by atoms with Crippen molar-refractivity contribution in [2.24, 2.45) is 0 Å². The number of thioether (sulfide) groups is 1. The van der Waals surface area contributed by atoms with Gasteiger partial charge in [-0.05, 0) is 49.4 Å². The van der Waals surface area contributed by atoms with Gasteiger partial charge >= 0.3 is 5.97 Å². The highest BCUT2D eigenvalue weighted by molar-refractivity contribution is 8.18. The number of benzene rings is 1. The normalized spacial score (nSPS) is 17.5. The Hall–Kier alpha value is -2.28. The Morgan fingerprint density at radius 1 is 1.30 bits per heavy atom. The Morgan fingerprint density at radius 3 is 2.52 bits per heavy atom. The summed E-state index contributed by atoms with van der Waals surface area (Å²) >= 11 is 0.810. The number of rotatable bonds is 5. The van der Waals surface area contributed by atoms with Crippen LogP contribution in [-0.2, 0) is 14.3 Å². The number of methoxy groups -OCH3 is 1. The average Bonchev–Trinajstić information content (AvgIpc) is 2.81. The maximum Gasteiger partial charge on any atom is 0.329 e. The Balaban J connectivity index is 2.19. The second-order valence-electron chi connectivity index (χ2n) is 4.75. The van der Waals surface area contributed by atoms with E-state index in [1.807, 2.05) is 0 Å². The summed E-state index contributed by atoms with van der Waals surface area (Å²) in [7, 11) is 1.57. The molecule has 0 aromatic heterocycles. The molecule has 1 aromatic carbocycles. The predicted octanol–water partition coefficient (Wildman–Crippen LogP) is 2.68. The first-order valence-corrected chi connectivity index (χ1v) is 7.87. The fourth-order valence-electron chi connectivity index (χ4n) is 2.03. The molecule has 2 rings (SSSR count). The lowest BCUT2D eigenvalue weighted by molar-refractivity contribution is -0.150. The lowest BCUT2D eigenvalue weighted by Gasteiger charge is -2.19. The number of ether oxygens (including phenoxy) is 2. The van der Waals surface area contributed by atoms with Gasteiger partial charge in [-0.2, -0.15) is 0 Å². The molecule has 1 atom stereocenters. The van der Waals surface area contributed by atoms with Crippen LogP contribution in [-0.4, -0.2) is 41.8 Å². The first kappa shape index (κ1) is 17.1. The fraction of sp³-hybridized carbons (Fsp3) is 0.312. The molecule has 0 aliphatic carbocycles. The molecule has 0 unspecified atom stereocenters. The number of nitrogens with zero attached hydrogens (tertiary/aromatic N) is 1. The molecule has 0 N–H and O–H groups in total. The number of hydrogen-bond donors (Lipinski definition) is 0. The number of imide groups is 1. The van der Waals surface area contributed by atoms with Crippen LogP contribution in [0.1, 0.15) is 19.4 Å². The number of carbonyl (C=O) groups is 3. The molecule has 0 radical (unpaired) electrons. The van der Waals surface area contributed by atoms with Crippen LogP contribution in [0.3, 0.4) is 0 Å². The SMILES string of the molecule is CCOC(=O)[C@@H](C)N1C(=O)S/C(=C\c2ccc(OC)cc2)C1=O. The predicted molar refractivity (Wildman–Crippen MR) is 86.9 cm³/mol. The minimum absolute atomic E-state index is 0.196. The summed E-state index contributed by atoms with van der Waals surface area (Å²) in [5.74, 6) is -0.386. The van der Waals surface area contributed by atoms with Crippen LogP contribution in [0.4, 0.5) is 4.79 Å². The van der Waals surface area contributed by atoms with E-state index in [0.717, 1.165) is 22.2 Å². The molecule has 1 aromatic rings. The van der Waals surface area contributed by atoms with Crippen molar-refractivity contribution < 1.29 is 23.9 Å². The molecule has 0 bridgehead atoms. The summed E-state index contributed by atoms with van der Waals surface area (Å²) in [5, 5.41) is -0.477. The highest BCUT2D eigenvalue weighted by Crippen LogP contribution is 2.34. The molecule has 2 amide bonds. The topological polar surface area (TPSA) is 72.9 Å². The van der Waals surface area contributed by atoms with E-state index in [9.17, 15) is 14.4 Å². The lowest BCUT2D eigenvalue weighted by atomic mass is 10.2. The molecular weight excluding hydrogens is 318 g/mol. The van der Waals surface area contributed by atoms with Crippen LogP contribution >= 0.6 is 11.8 Å². The summed E-state index contributed by atoms with van der Waals surface area (Å²) in [6.45, 7) is 3.34. The van der Waals surface area contributed by atoms with Crippen LogP contribution in [0.25, 0.3) is 6.08 Å². The fourth-order valence-corrected chi connectivity index (χ4v) is 2.94. The molecular formula is C16H17NO5S. The largest absolute Gasteiger partial charge is 0.497 e. The Labute approximate surface area is 138 Å². The monoisotopic (exact) mass is 335 g/mol. The lowest BCUT2D eigenvalue weighted by Crippen LogP contribution is -2.42. The van der Waals surface area contributed by atoms with E-state index in [1.54, 1.807) is 44.4 Å². The second kappa shape index (κ2) is 7.32. The van der Waals surface area contributed by atoms with E-state index < -0.39 is 23.2 Å². The van der Waals surface area contributed by atoms with Crippen molar-refractivity contribution in [2.45, 2.75) is 19.9 Å². The number of carbonyl (C=O) groups excluding carboxylic acids is 3. The van der Waals surface area contributed by atoms with E-state index in [1.165, 1.54) is 6.92 Å². The van der Waals surface area contributed by atoms with Gasteiger partial charge in [0.2, 0.25) is 0 Å². The maximum atomic E-state index is 12.4. The first-order valence-electron chi connectivity index (χ1n) is 7.05. The van der Waals surface area contributed by atoms with Crippen LogP contribution in [0, 0.1) is 0 Å². The van der Waals surface area contributed by atoms with Crippen molar-refractivity contribution in [2.75, 3.05) is 13.7 Å². The number of esters is 1. The standard InChI is InChI=1S/C16H17NO5S/c1-4-22-15(19)10(2)17-14(18)13(23-16(17)20)9-11-5-7-12(21-3)8-6-11/h5-10H,4H2,1-3H3/b13-9-/t10-/m1/s1. The van der Waals surface area contributed by atoms with E-state index >= 15 is 0 Å². The van der Waals surface area contributed by atoms with Gasteiger partial charge in [-0.3, -0.25) is 14.5 Å². The van der Waals surface area contributed by atoms with E-state index in [2.05, 4.69) is 0 Å². The molecule has 0 spiro atoms. The maximum absolute atomic E-state index is 12.4. The van der Waals surface area contributed by atoms with Crippen molar-refractivity contribution >= 4 is 35.0 Å². The summed E-state index contributed by atoms with van der Waals surface area (Å²) < 4.78 is 9.93. The van der Waals surface area contributed by atoms with Crippen molar-refractivity contribution in [3.63, 3.8) is 0 Å². The second-order valence-corrected chi connectivity index (χ2v) is 5.75. The summed E-state index contributed by atoms with van der Waals surface area (Å²) in [4.78, 5) is 37.4. The molecule has 122 valence electrons. The third kappa shape index (κ3) is 3.73. The zero-order valence-corrected chi connectivity index (χ0v) is 13.9. The molecule has 7 heteroatoms. The van der Waals surface area contributed by atoms with Gasteiger partial charge in [0.15, 0.2) is 0 Å². The van der Waals surface area contributed by atoms with Crippen LogP contribution in [0.2, 0.25) is 0 Å². The van der Waals surface area contributed by atoms with Gasteiger partial charge in [-0.1, -0.05) is 12.1 Å². The van der Waals surface area contributed by atoms with E-state index in [0.29, 0.717) is 5.75 Å². The minimum atomic E-state index is -0.941. The van der Waals surface area contributed by atoms with Gasteiger partial charge in [0.1, 0.15) is 11.8 Å². The van der Waals surface area contributed by atoms with E-state index in [4.69, 9.17) is 9.47 Å². The highest BCUT2D eigenvalue weighted by atomic mass is 32.2. The van der Waals surface area contributed by atoms with Crippen LogP contribution in [0.15, 0.2) is 29.2 Å². The number of amides is 2. The van der Waals surface area contributed by atoms with Crippen molar-refractivity contribution in [1.82, 2.24) is 4.90 Å². The molecule has 0 saturated carbocycles. The van der Waals surface area contributed by atoms with Gasteiger partial charge in [-0.15, -0.1) is 0 Å². The van der Waals surface area contributed by atoms with Crippen LogP contribution < -0.4 is 4.74 Å². The van der Waals surface area contributed by atoms with E-state index in [-0.39, 0.29) is 11.5 Å². The molecule has 1 aliphatic rings. The Morgan fingerprint density at radius 2 is 1.96 bits per heavy atom. The molecule has 23 heavy (non-hydrogen) atoms. The first-order chi connectivity index (χ1) is 11.0. The quantitative estimate of drug-likeness (QED) is 0.608. The summed E-state index contributed by atoms with van der Waals surface area (Å²) in [6.07, 6.45) is 1.61. The molecule has 1 fully saturated rings. The van der Waals surface area contributed by atoms with Gasteiger partial charge in [0.25, 0.3) is 11.1 Å². The molecule has 1 heterocycles. The molecule has 1 aliphatic heterocycles. The molecule has 6 nitrogen and oxygen atoms in total. The Kier molecular flexibility index (Phi) is 5.44. The van der Waals surface area contributed by atoms with Crippen LogP contribution in [0.5, 0.6) is 5.75 Å². The van der Waals surface area contributed by atoms with Gasteiger partial charge in [0.05, 0.1) is 18.6 Å². The number of hydrogen-bond acceptors (Lipinski definition) is 6. The van der Waals surface area contributed by atoms with Crippen molar-refractivity contribution in [3.8, 4) is 5.75 Å². The van der Waals surface area contributed by atoms with Crippen molar-refractivity contribution in [3.05, 3.63) is 34.7 Å². The van der Waals surface area contributed by atoms with Gasteiger partial charge < -0.3 is 9.47 Å². The van der Waals surface area contributed by atoms with Crippen molar-refractivity contribution in [1.29, 1.82) is 0 Å². The molecule has 1 saturated heterocycles. The zero-order chi connectivity index (χ0) is 17.0. The van der Waals surface area contributed by atoms with Gasteiger partial charge in [0, 0.05) is 0 Å².